The van der Waals surface area contributed by atoms with Crippen LogP contribution in [0.25, 0.3) is 0 Å². The maximum Gasteiger partial charge on any atom is 0.221 e. The van der Waals surface area contributed by atoms with Crippen LogP contribution >= 0.6 is 0 Å². The fourth-order valence-electron chi connectivity index (χ4n) is 1.73. The van der Waals surface area contributed by atoms with Crippen LogP contribution < -0.4 is 10.6 Å². The normalized spacial score (nSPS) is 10.1. The van der Waals surface area contributed by atoms with Gasteiger partial charge in [0.25, 0.3) is 0 Å². The molecule has 0 saturated heterocycles. The van der Waals surface area contributed by atoms with Gasteiger partial charge in [0.15, 0.2) is 11.6 Å². The van der Waals surface area contributed by atoms with Gasteiger partial charge in [-0.3, -0.25) is 4.79 Å². The molecule has 20 heavy (non-hydrogen) atoms. The number of hydrogen-bond acceptors (Lipinski definition) is 3. The lowest BCUT2D eigenvalue weighted by Crippen LogP contribution is -2.06. The summed E-state index contributed by atoms with van der Waals surface area (Å²) in [6.45, 7) is 1.97. The first-order chi connectivity index (χ1) is 9.54. The highest BCUT2D eigenvalue weighted by Crippen LogP contribution is 2.20. The number of anilines is 2. The van der Waals surface area contributed by atoms with E-state index in [1.54, 1.807) is 18.2 Å². The topological polar surface area (TPSA) is 61.4 Å². The summed E-state index contributed by atoms with van der Waals surface area (Å²) in [4.78, 5) is 10.9. The minimum Gasteiger partial charge on any atom is -0.505 e. The lowest BCUT2D eigenvalue weighted by Gasteiger charge is -2.08. The average Bonchev–Trinajstić information content (AvgIpc) is 2.41. The van der Waals surface area contributed by atoms with Crippen molar-refractivity contribution in [2.45, 2.75) is 13.5 Å². The van der Waals surface area contributed by atoms with Gasteiger partial charge in [-0.1, -0.05) is 12.1 Å². The van der Waals surface area contributed by atoms with Gasteiger partial charge in [-0.05, 0) is 29.8 Å². The Morgan fingerprint density at radius 1 is 1.15 bits per heavy atom. The second-order valence-electron chi connectivity index (χ2n) is 4.40. The fourth-order valence-corrected chi connectivity index (χ4v) is 1.73. The van der Waals surface area contributed by atoms with E-state index in [0.29, 0.717) is 12.2 Å². The van der Waals surface area contributed by atoms with Gasteiger partial charge < -0.3 is 15.7 Å². The first kappa shape index (κ1) is 13.9. The van der Waals surface area contributed by atoms with Crippen molar-refractivity contribution in [2.24, 2.45) is 0 Å². The van der Waals surface area contributed by atoms with Crippen LogP contribution in [0.4, 0.5) is 15.8 Å². The number of nitrogens with one attached hydrogen (secondary N) is 2. The summed E-state index contributed by atoms with van der Waals surface area (Å²) >= 11 is 0. The number of carbonyl (C=O) groups excluding carboxylic acids is 1. The Balaban J connectivity index is 1.96. The molecule has 1 amide bonds. The predicted octanol–water partition coefficient (Wildman–Crippen LogP) is 3.10. The quantitative estimate of drug-likeness (QED) is 0.751. The molecule has 0 aliphatic heterocycles. The highest BCUT2D eigenvalue weighted by molar-refractivity contribution is 5.88. The summed E-state index contributed by atoms with van der Waals surface area (Å²) in [7, 11) is 0. The van der Waals surface area contributed by atoms with Gasteiger partial charge >= 0.3 is 0 Å². The molecule has 0 aliphatic rings. The Labute approximate surface area is 116 Å². The molecule has 104 valence electrons. The largest absolute Gasteiger partial charge is 0.505 e. The van der Waals surface area contributed by atoms with Gasteiger partial charge in [-0.2, -0.15) is 0 Å². The van der Waals surface area contributed by atoms with Gasteiger partial charge in [0.05, 0.1) is 0 Å². The highest BCUT2D eigenvalue weighted by atomic mass is 19.1. The Bertz CT molecular complexity index is 612. The van der Waals surface area contributed by atoms with Crippen molar-refractivity contribution in [2.75, 3.05) is 10.6 Å². The molecule has 0 fully saturated rings. The number of carbonyl (C=O) groups is 1. The van der Waals surface area contributed by atoms with E-state index in [4.69, 9.17) is 5.11 Å². The van der Waals surface area contributed by atoms with Crippen molar-refractivity contribution >= 4 is 17.3 Å². The summed E-state index contributed by atoms with van der Waals surface area (Å²) in [5, 5.41) is 14.8. The molecule has 3 N–H and O–H groups in total. The van der Waals surface area contributed by atoms with Crippen LogP contribution in [0.3, 0.4) is 0 Å². The molecule has 0 spiro atoms. The summed E-state index contributed by atoms with van der Waals surface area (Å²) in [6.07, 6.45) is 0. The Kier molecular flexibility index (Phi) is 4.20. The Hall–Kier alpha value is -2.56. The molecule has 0 saturated carbocycles. The van der Waals surface area contributed by atoms with E-state index >= 15 is 0 Å². The van der Waals surface area contributed by atoms with E-state index in [2.05, 4.69) is 10.6 Å². The third-order valence-corrected chi connectivity index (χ3v) is 2.72. The molecule has 0 bridgehead atoms. The second kappa shape index (κ2) is 6.06. The standard InChI is InChI=1S/C15H15FN2O2/c1-10(19)18-12-4-2-11(3-5-12)9-17-13-6-7-15(20)14(16)8-13/h2-8,17,20H,9H2,1H3,(H,18,19). The SMILES string of the molecule is CC(=O)Nc1ccc(CNc2ccc(O)c(F)c2)cc1. The van der Waals surface area contributed by atoms with E-state index in [9.17, 15) is 9.18 Å². The third-order valence-electron chi connectivity index (χ3n) is 2.72. The molecular formula is C15H15FN2O2. The number of amides is 1. The van der Waals surface area contributed by atoms with Crippen LogP contribution in [-0.4, -0.2) is 11.0 Å². The maximum atomic E-state index is 13.1. The van der Waals surface area contributed by atoms with E-state index in [-0.39, 0.29) is 11.7 Å². The molecule has 0 heterocycles. The monoisotopic (exact) mass is 274 g/mol. The second-order valence-corrected chi connectivity index (χ2v) is 4.40. The minimum absolute atomic E-state index is 0.115. The number of benzene rings is 2. The highest BCUT2D eigenvalue weighted by Gasteiger charge is 2.01. The Morgan fingerprint density at radius 2 is 1.80 bits per heavy atom. The van der Waals surface area contributed by atoms with Gasteiger partial charge in [-0.15, -0.1) is 0 Å². The molecule has 5 heteroatoms. The van der Waals surface area contributed by atoms with Crippen LogP contribution in [-0.2, 0) is 11.3 Å². The lowest BCUT2D eigenvalue weighted by molar-refractivity contribution is -0.114. The van der Waals surface area contributed by atoms with Crippen molar-refractivity contribution in [3.63, 3.8) is 0 Å². The number of rotatable bonds is 4. The lowest BCUT2D eigenvalue weighted by atomic mass is 10.2. The van der Waals surface area contributed by atoms with E-state index in [1.165, 1.54) is 19.1 Å². The van der Waals surface area contributed by atoms with Crippen LogP contribution in [0.1, 0.15) is 12.5 Å². The Morgan fingerprint density at radius 3 is 2.40 bits per heavy atom. The molecule has 0 aliphatic carbocycles. The molecule has 0 radical (unpaired) electrons. The van der Waals surface area contributed by atoms with Crippen molar-refractivity contribution in [1.29, 1.82) is 0 Å². The van der Waals surface area contributed by atoms with E-state index in [1.807, 2.05) is 12.1 Å². The summed E-state index contributed by atoms with van der Waals surface area (Å²) in [6, 6.07) is 11.5. The first-order valence-corrected chi connectivity index (χ1v) is 6.13. The van der Waals surface area contributed by atoms with Crippen LogP contribution in [0.2, 0.25) is 0 Å². The van der Waals surface area contributed by atoms with Crippen LogP contribution in [0, 0.1) is 5.82 Å². The molecule has 0 atom stereocenters. The smallest absolute Gasteiger partial charge is 0.221 e. The summed E-state index contributed by atoms with van der Waals surface area (Å²) in [5.41, 5.74) is 2.32. The third kappa shape index (κ3) is 3.71. The van der Waals surface area contributed by atoms with Gasteiger partial charge in [0, 0.05) is 30.9 Å². The number of aromatic hydroxyl groups is 1. The van der Waals surface area contributed by atoms with Crippen molar-refractivity contribution in [3.8, 4) is 5.75 Å². The zero-order valence-corrected chi connectivity index (χ0v) is 11.0. The van der Waals surface area contributed by atoms with Crippen molar-refractivity contribution in [1.82, 2.24) is 0 Å². The van der Waals surface area contributed by atoms with E-state index < -0.39 is 5.82 Å². The molecule has 2 rings (SSSR count). The fraction of sp³-hybridized carbons (Fsp3) is 0.133. The number of phenolic OH excluding ortho intramolecular Hbond substituents is 1. The summed E-state index contributed by atoms with van der Waals surface area (Å²) in [5.74, 6) is -1.14. The first-order valence-electron chi connectivity index (χ1n) is 6.13. The zero-order chi connectivity index (χ0) is 14.5. The van der Waals surface area contributed by atoms with Crippen LogP contribution in [0.5, 0.6) is 5.75 Å². The molecule has 0 aromatic heterocycles. The van der Waals surface area contributed by atoms with Crippen molar-refractivity contribution < 1.29 is 14.3 Å². The predicted molar refractivity (Wildman–Crippen MR) is 76.1 cm³/mol. The molecule has 0 unspecified atom stereocenters. The van der Waals surface area contributed by atoms with Gasteiger partial charge in [0.2, 0.25) is 5.91 Å². The van der Waals surface area contributed by atoms with Gasteiger partial charge in [-0.25, -0.2) is 4.39 Å². The molecular weight excluding hydrogens is 259 g/mol. The minimum atomic E-state index is -0.656. The molecule has 2 aromatic carbocycles. The van der Waals surface area contributed by atoms with Crippen LogP contribution in [0.15, 0.2) is 42.5 Å². The number of hydrogen-bond donors (Lipinski definition) is 3. The molecule has 4 nitrogen and oxygen atoms in total. The maximum absolute atomic E-state index is 13.1. The zero-order valence-electron chi connectivity index (χ0n) is 11.0. The van der Waals surface area contributed by atoms with Gasteiger partial charge in [0.1, 0.15) is 0 Å². The summed E-state index contributed by atoms with van der Waals surface area (Å²) < 4.78 is 13.1. The van der Waals surface area contributed by atoms with E-state index in [0.717, 1.165) is 11.3 Å². The number of phenols is 1. The molecule has 2 aromatic rings. The number of halogens is 1. The average molecular weight is 274 g/mol. The van der Waals surface area contributed by atoms with Crippen molar-refractivity contribution in [3.05, 3.63) is 53.8 Å².